The summed E-state index contributed by atoms with van der Waals surface area (Å²) in [5.74, 6) is -1.70. The minimum absolute atomic E-state index is 0.179. The Labute approximate surface area is 139 Å². The van der Waals surface area contributed by atoms with Crippen LogP contribution in [0.2, 0.25) is 0 Å². The lowest BCUT2D eigenvalue weighted by molar-refractivity contribution is -0.186. The molecule has 1 aromatic heterocycles. The van der Waals surface area contributed by atoms with E-state index in [2.05, 4.69) is 10.6 Å². The van der Waals surface area contributed by atoms with E-state index in [0.29, 0.717) is 19.7 Å². The number of hydrogen-bond acceptors (Lipinski definition) is 5. The fraction of sp³-hybridized carbons (Fsp3) is 0.625. The molecule has 2 N–H and O–H groups in total. The highest BCUT2D eigenvalue weighted by molar-refractivity contribution is 7.09. The lowest BCUT2D eigenvalue weighted by atomic mass is 9.94. The molecule has 1 saturated carbocycles. The van der Waals surface area contributed by atoms with Gasteiger partial charge in [0.15, 0.2) is 5.79 Å². The Morgan fingerprint density at radius 2 is 2.00 bits per heavy atom. The van der Waals surface area contributed by atoms with Gasteiger partial charge in [0, 0.05) is 24.3 Å². The molecular weight excluding hydrogens is 316 g/mol. The van der Waals surface area contributed by atoms with Gasteiger partial charge in [0.25, 0.3) is 0 Å². The van der Waals surface area contributed by atoms with Gasteiger partial charge in [-0.15, -0.1) is 11.3 Å². The monoisotopic (exact) mass is 338 g/mol. The normalized spacial score (nSPS) is 22.9. The third-order valence-corrected chi connectivity index (χ3v) is 5.11. The molecule has 1 saturated heterocycles. The molecule has 2 fully saturated rings. The highest BCUT2D eigenvalue weighted by Crippen LogP contribution is 2.37. The molecule has 0 unspecified atom stereocenters. The molecule has 0 bridgehead atoms. The molecule has 3 rings (SSSR count). The third kappa shape index (κ3) is 4.31. The molecule has 7 heteroatoms. The SMILES string of the molecule is O=C(NCc1cccs1)C(=O)NC[C@@H]1COC2(CCCCC2)O1. The van der Waals surface area contributed by atoms with E-state index >= 15 is 0 Å². The summed E-state index contributed by atoms with van der Waals surface area (Å²) >= 11 is 1.54. The molecule has 126 valence electrons. The number of amides is 2. The van der Waals surface area contributed by atoms with Gasteiger partial charge in [-0.05, 0) is 24.3 Å². The first-order valence-corrected chi connectivity index (χ1v) is 8.95. The quantitative estimate of drug-likeness (QED) is 0.817. The minimum Gasteiger partial charge on any atom is -0.347 e. The maximum Gasteiger partial charge on any atom is 0.309 e. The molecule has 1 aromatic rings. The van der Waals surface area contributed by atoms with Crippen LogP contribution < -0.4 is 10.6 Å². The fourth-order valence-corrected chi connectivity index (χ4v) is 3.66. The van der Waals surface area contributed by atoms with Crippen molar-refractivity contribution in [2.45, 2.75) is 50.5 Å². The van der Waals surface area contributed by atoms with Crippen molar-refractivity contribution in [2.75, 3.05) is 13.2 Å². The zero-order chi connectivity index (χ0) is 16.1. The van der Waals surface area contributed by atoms with Gasteiger partial charge in [-0.1, -0.05) is 12.5 Å². The second-order valence-electron chi connectivity index (χ2n) is 5.99. The van der Waals surface area contributed by atoms with E-state index in [1.54, 1.807) is 0 Å². The highest BCUT2D eigenvalue weighted by atomic mass is 32.1. The van der Waals surface area contributed by atoms with Crippen molar-refractivity contribution in [2.24, 2.45) is 0 Å². The summed E-state index contributed by atoms with van der Waals surface area (Å²) < 4.78 is 11.8. The number of rotatable bonds is 4. The van der Waals surface area contributed by atoms with Gasteiger partial charge in [-0.3, -0.25) is 9.59 Å². The van der Waals surface area contributed by atoms with Crippen molar-refractivity contribution >= 4 is 23.2 Å². The van der Waals surface area contributed by atoms with Crippen molar-refractivity contribution < 1.29 is 19.1 Å². The predicted octanol–water partition coefficient (Wildman–Crippen LogP) is 1.56. The zero-order valence-corrected chi connectivity index (χ0v) is 13.8. The molecule has 2 heterocycles. The van der Waals surface area contributed by atoms with E-state index in [9.17, 15) is 9.59 Å². The molecule has 23 heavy (non-hydrogen) atoms. The van der Waals surface area contributed by atoms with E-state index < -0.39 is 17.6 Å². The third-order valence-electron chi connectivity index (χ3n) is 4.23. The average Bonchev–Trinajstić information content (AvgIpc) is 3.21. The smallest absolute Gasteiger partial charge is 0.309 e. The topological polar surface area (TPSA) is 76.7 Å². The van der Waals surface area contributed by atoms with Crippen molar-refractivity contribution in [3.63, 3.8) is 0 Å². The lowest BCUT2D eigenvalue weighted by Gasteiger charge is -2.31. The fourth-order valence-electron chi connectivity index (χ4n) is 3.02. The second-order valence-corrected chi connectivity index (χ2v) is 7.03. The molecule has 1 aliphatic carbocycles. The standard InChI is InChI=1S/C16H22N2O4S/c19-14(15(20)18-10-13-5-4-8-23-13)17-9-12-11-21-16(22-12)6-2-1-3-7-16/h4-5,8,12H,1-3,6-7,9-11H2,(H,17,19)(H,18,20)/t12-/m1/s1. The maximum atomic E-state index is 11.8. The number of carbonyl (C=O) groups is 2. The predicted molar refractivity (Wildman–Crippen MR) is 85.8 cm³/mol. The van der Waals surface area contributed by atoms with Crippen molar-refractivity contribution in [3.8, 4) is 0 Å². The van der Waals surface area contributed by atoms with Crippen LogP contribution in [-0.4, -0.2) is 36.9 Å². The Bertz CT molecular complexity index is 540. The first-order chi connectivity index (χ1) is 11.2. The van der Waals surface area contributed by atoms with Crippen molar-refractivity contribution in [1.29, 1.82) is 0 Å². The summed E-state index contributed by atoms with van der Waals surface area (Å²) in [5.41, 5.74) is 0. The van der Waals surface area contributed by atoms with E-state index in [1.807, 2.05) is 17.5 Å². The van der Waals surface area contributed by atoms with E-state index in [1.165, 1.54) is 17.8 Å². The number of thiophene rings is 1. The Balaban J connectivity index is 1.38. The summed E-state index contributed by atoms with van der Waals surface area (Å²) in [7, 11) is 0. The molecule has 0 aromatic carbocycles. The van der Waals surface area contributed by atoms with E-state index in [4.69, 9.17) is 9.47 Å². The largest absolute Gasteiger partial charge is 0.347 e. The molecule has 2 aliphatic rings. The molecule has 6 nitrogen and oxygen atoms in total. The number of ether oxygens (including phenoxy) is 2. The molecular formula is C16H22N2O4S. The first-order valence-electron chi connectivity index (χ1n) is 8.07. The first kappa shape index (κ1) is 16.4. The van der Waals surface area contributed by atoms with Crippen LogP contribution in [0.1, 0.15) is 37.0 Å². The number of hydrogen-bond donors (Lipinski definition) is 2. The number of nitrogens with one attached hydrogen (secondary N) is 2. The summed E-state index contributed by atoms with van der Waals surface area (Å²) in [6, 6.07) is 3.82. The van der Waals surface area contributed by atoms with Gasteiger partial charge in [0.1, 0.15) is 6.10 Å². The van der Waals surface area contributed by atoms with Crippen LogP contribution in [0.3, 0.4) is 0 Å². The minimum atomic E-state index is -0.630. The van der Waals surface area contributed by atoms with Gasteiger partial charge in [-0.25, -0.2) is 0 Å². The van der Waals surface area contributed by atoms with Crippen LogP contribution >= 0.6 is 11.3 Å². The van der Waals surface area contributed by atoms with Crippen molar-refractivity contribution in [1.82, 2.24) is 10.6 Å². The average molecular weight is 338 g/mol. The maximum absolute atomic E-state index is 11.8. The van der Waals surface area contributed by atoms with Crippen LogP contribution in [0.25, 0.3) is 0 Å². The van der Waals surface area contributed by atoms with Gasteiger partial charge < -0.3 is 20.1 Å². The molecule has 1 spiro atoms. The second kappa shape index (κ2) is 7.42. The molecule has 2 amide bonds. The van der Waals surface area contributed by atoms with Crippen LogP contribution in [0, 0.1) is 0 Å². The Morgan fingerprint density at radius 3 is 2.74 bits per heavy atom. The van der Waals surface area contributed by atoms with Crippen LogP contribution in [0.4, 0.5) is 0 Å². The number of carbonyl (C=O) groups excluding carboxylic acids is 2. The van der Waals surface area contributed by atoms with Crippen LogP contribution in [0.5, 0.6) is 0 Å². The van der Waals surface area contributed by atoms with Gasteiger partial charge in [0.05, 0.1) is 13.2 Å². The Hall–Kier alpha value is -1.44. The molecule has 1 atom stereocenters. The van der Waals surface area contributed by atoms with Crippen LogP contribution in [-0.2, 0) is 25.6 Å². The van der Waals surface area contributed by atoms with Gasteiger partial charge in [-0.2, -0.15) is 0 Å². The van der Waals surface area contributed by atoms with E-state index in [-0.39, 0.29) is 6.10 Å². The van der Waals surface area contributed by atoms with E-state index in [0.717, 1.165) is 30.6 Å². The molecule has 1 aliphatic heterocycles. The summed E-state index contributed by atoms with van der Waals surface area (Å²) in [5, 5.41) is 7.16. The lowest BCUT2D eigenvalue weighted by Crippen LogP contribution is -2.43. The highest BCUT2D eigenvalue weighted by Gasteiger charge is 2.42. The summed E-state index contributed by atoms with van der Waals surface area (Å²) in [6.45, 7) is 1.14. The van der Waals surface area contributed by atoms with Gasteiger partial charge >= 0.3 is 11.8 Å². The van der Waals surface area contributed by atoms with Gasteiger partial charge in [0.2, 0.25) is 0 Å². The Morgan fingerprint density at radius 1 is 1.22 bits per heavy atom. The summed E-state index contributed by atoms with van der Waals surface area (Å²) in [6.07, 6.45) is 5.11. The zero-order valence-electron chi connectivity index (χ0n) is 13.0. The molecule has 0 radical (unpaired) electrons. The summed E-state index contributed by atoms with van der Waals surface area (Å²) in [4.78, 5) is 24.6. The van der Waals surface area contributed by atoms with Crippen molar-refractivity contribution in [3.05, 3.63) is 22.4 Å². The Kier molecular flexibility index (Phi) is 5.30. The van der Waals surface area contributed by atoms with Crippen LogP contribution in [0.15, 0.2) is 17.5 Å².